The molecule has 2 heteroatoms. The summed E-state index contributed by atoms with van der Waals surface area (Å²) in [5, 5.41) is 0. The molecule has 0 bridgehead atoms. The molecule has 0 rings (SSSR count). The maximum atomic E-state index is 5.59. The van der Waals surface area contributed by atoms with Crippen LogP contribution in [0, 0.1) is 0 Å². The van der Waals surface area contributed by atoms with E-state index in [1.54, 1.807) is 0 Å². The number of hydrogen-bond donors (Lipinski definition) is 0. The molecule has 0 atom stereocenters. The minimum atomic E-state index is 0.00965. The summed E-state index contributed by atoms with van der Waals surface area (Å²) in [5.74, 6) is 0. The van der Waals surface area contributed by atoms with Crippen LogP contribution in [0.3, 0.4) is 0 Å². The highest BCUT2D eigenvalue weighted by Gasteiger charge is 2.22. The summed E-state index contributed by atoms with van der Waals surface area (Å²) < 4.78 is 5.59. The highest BCUT2D eigenvalue weighted by Crippen LogP contribution is 2.23. The van der Waals surface area contributed by atoms with Crippen LogP contribution >= 0.6 is 0 Å². The summed E-state index contributed by atoms with van der Waals surface area (Å²) in [4.78, 5) is 0. The molecule has 0 radical (unpaired) electrons. The first-order valence-corrected chi connectivity index (χ1v) is 5.25. The minimum absolute atomic E-state index is 0.00965. The summed E-state index contributed by atoms with van der Waals surface area (Å²) in [6, 6.07) is 0. The van der Waals surface area contributed by atoms with Gasteiger partial charge in [-0.25, -0.2) is 0 Å². The van der Waals surface area contributed by atoms with Crippen LogP contribution in [-0.2, 0) is 4.43 Å². The summed E-state index contributed by atoms with van der Waals surface area (Å²) >= 11 is 0. The Morgan fingerprint density at radius 2 is 1.82 bits per heavy atom. The van der Waals surface area contributed by atoms with Gasteiger partial charge in [-0.05, 0) is 12.8 Å². The van der Waals surface area contributed by atoms with Crippen LogP contribution in [0.1, 0.15) is 39.5 Å². The average Bonchev–Trinajstić information content (AvgIpc) is 2.04. The smallest absolute Gasteiger partial charge is 0.147 e. The number of hydrogen-bond acceptors (Lipinski definition) is 1. The molecule has 0 saturated heterocycles. The van der Waals surface area contributed by atoms with E-state index >= 15 is 0 Å². The molecule has 0 unspecified atom stereocenters. The molecule has 11 heavy (non-hydrogen) atoms. The first-order chi connectivity index (χ1) is 5.24. The monoisotopic (exact) mass is 172 g/mol. The maximum absolute atomic E-state index is 5.59. The molecule has 0 heterocycles. The Hall–Kier alpha value is -0.0831. The van der Waals surface area contributed by atoms with Crippen LogP contribution in [0.2, 0.25) is 0 Å². The third kappa shape index (κ3) is 3.21. The first-order valence-electron chi connectivity index (χ1n) is 4.43. The SMILES string of the molecule is C=CC(CCC)(CCC)O[SiH3]. The van der Waals surface area contributed by atoms with E-state index in [1.807, 2.05) is 6.08 Å². The molecule has 66 valence electrons. The Bertz CT molecular complexity index is 106. The van der Waals surface area contributed by atoms with Gasteiger partial charge in [-0.1, -0.05) is 32.8 Å². The second kappa shape index (κ2) is 5.55. The van der Waals surface area contributed by atoms with Gasteiger partial charge in [-0.15, -0.1) is 6.58 Å². The minimum Gasteiger partial charge on any atom is -0.419 e. The van der Waals surface area contributed by atoms with E-state index in [1.165, 1.54) is 12.8 Å². The molecule has 0 aromatic carbocycles. The highest BCUT2D eigenvalue weighted by atomic mass is 28.2. The Balaban J connectivity index is 4.07. The lowest BCUT2D eigenvalue weighted by Gasteiger charge is -2.29. The van der Waals surface area contributed by atoms with E-state index in [9.17, 15) is 0 Å². The van der Waals surface area contributed by atoms with Crippen LogP contribution in [-0.4, -0.2) is 16.1 Å². The molecule has 0 N–H and O–H groups in total. The van der Waals surface area contributed by atoms with E-state index in [4.69, 9.17) is 4.43 Å². The van der Waals surface area contributed by atoms with Gasteiger partial charge in [-0.3, -0.25) is 0 Å². The molecule has 0 fully saturated rings. The number of rotatable bonds is 6. The summed E-state index contributed by atoms with van der Waals surface area (Å²) in [7, 11) is 0.813. The standard InChI is InChI=1S/C9H20OSi/c1-4-7-9(6-3,10-11)8-5-2/h6H,3-5,7-8H2,1-2,11H3. The van der Waals surface area contributed by atoms with Crippen molar-refractivity contribution in [1.82, 2.24) is 0 Å². The van der Waals surface area contributed by atoms with Crippen molar-refractivity contribution in [2.45, 2.75) is 45.1 Å². The lowest BCUT2D eigenvalue weighted by molar-refractivity contribution is 0.111. The average molecular weight is 172 g/mol. The first kappa shape index (κ1) is 10.9. The molecular weight excluding hydrogens is 152 g/mol. The van der Waals surface area contributed by atoms with Gasteiger partial charge in [0.25, 0.3) is 0 Å². The van der Waals surface area contributed by atoms with E-state index in [-0.39, 0.29) is 5.60 Å². The van der Waals surface area contributed by atoms with Gasteiger partial charge >= 0.3 is 0 Å². The quantitative estimate of drug-likeness (QED) is 0.438. The van der Waals surface area contributed by atoms with Crippen LogP contribution in [0.15, 0.2) is 12.7 Å². The highest BCUT2D eigenvalue weighted by molar-refractivity contribution is 5.98. The largest absolute Gasteiger partial charge is 0.419 e. The van der Waals surface area contributed by atoms with E-state index in [0.29, 0.717) is 0 Å². The predicted octanol–water partition coefficient (Wildman–Crippen LogP) is 1.81. The zero-order valence-corrected chi connectivity index (χ0v) is 10.0. The van der Waals surface area contributed by atoms with Gasteiger partial charge in [-0.2, -0.15) is 0 Å². The third-order valence-electron chi connectivity index (χ3n) is 2.12. The summed E-state index contributed by atoms with van der Waals surface area (Å²) in [6.07, 6.45) is 6.57. The fourth-order valence-corrected chi connectivity index (χ4v) is 2.04. The molecule has 0 aliphatic heterocycles. The molecule has 0 spiro atoms. The van der Waals surface area contributed by atoms with E-state index in [2.05, 4.69) is 20.4 Å². The van der Waals surface area contributed by atoms with Crippen LogP contribution in [0.4, 0.5) is 0 Å². The van der Waals surface area contributed by atoms with Crippen LogP contribution in [0.5, 0.6) is 0 Å². The van der Waals surface area contributed by atoms with Gasteiger partial charge in [0.2, 0.25) is 0 Å². The van der Waals surface area contributed by atoms with Crippen molar-refractivity contribution in [3.8, 4) is 0 Å². The Morgan fingerprint density at radius 1 is 1.36 bits per heavy atom. The van der Waals surface area contributed by atoms with E-state index in [0.717, 1.165) is 23.3 Å². The van der Waals surface area contributed by atoms with Gasteiger partial charge in [0.1, 0.15) is 10.5 Å². The van der Waals surface area contributed by atoms with Crippen molar-refractivity contribution in [3.05, 3.63) is 12.7 Å². The normalized spacial score (nSPS) is 11.8. The summed E-state index contributed by atoms with van der Waals surface area (Å²) in [5.41, 5.74) is 0.00965. The molecule has 0 aromatic rings. The zero-order valence-electron chi connectivity index (χ0n) is 8.02. The van der Waals surface area contributed by atoms with Crippen molar-refractivity contribution in [2.24, 2.45) is 0 Å². The fraction of sp³-hybridized carbons (Fsp3) is 0.778. The predicted molar refractivity (Wildman–Crippen MR) is 53.8 cm³/mol. The molecule has 0 aromatic heterocycles. The molecule has 0 aliphatic rings. The van der Waals surface area contributed by atoms with Gasteiger partial charge in [0, 0.05) is 0 Å². The van der Waals surface area contributed by atoms with E-state index < -0.39 is 0 Å². The Morgan fingerprint density at radius 3 is 2.00 bits per heavy atom. The van der Waals surface area contributed by atoms with Crippen LogP contribution < -0.4 is 0 Å². The van der Waals surface area contributed by atoms with Crippen molar-refractivity contribution < 1.29 is 4.43 Å². The van der Waals surface area contributed by atoms with Crippen molar-refractivity contribution in [3.63, 3.8) is 0 Å². The Labute approximate surface area is 73.4 Å². The van der Waals surface area contributed by atoms with Crippen molar-refractivity contribution in [2.75, 3.05) is 0 Å². The lowest BCUT2D eigenvalue weighted by atomic mass is 9.93. The van der Waals surface area contributed by atoms with Gasteiger partial charge < -0.3 is 4.43 Å². The molecular formula is C9H20OSi. The second-order valence-electron chi connectivity index (χ2n) is 2.97. The molecule has 1 nitrogen and oxygen atoms in total. The lowest BCUT2D eigenvalue weighted by Crippen LogP contribution is -2.28. The topological polar surface area (TPSA) is 9.23 Å². The van der Waals surface area contributed by atoms with Crippen molar-refractivity contribution in [1.29, 1.82) is 0 Å². The second-order valence-corrected chi connectivity index (χ2v) is 3.38. The summed E-state index contributed by atoms with van der Waals surface area (Å²) in [6.45, 7) is 8.22. The fourth-order valence-electron chi connectivity index (χ4n) is 1.46. The molecule has 0 amide bonds. The zero-order chi connectivity index (χ0) is 8.74. The van der Waals surface area contributed by atoms with Crippen molar-refractivity contribution >= 4 is 10.5 Å². The maximum Gasteiger partial charge on any atom is 0.147 e. The molecule has 0 aliphatic carbocycles. The van der Waals surface area contributed by atoms with Gasteiger partial charge in [0.15, 0.2) is 0 Å². The van der Waals surface area contributed by atoms with Gasteiger partial charge in [0.05, 0.1) is 5.60 Å². The van der Waals surface area contributed by atoms with Crippen LogP contribution in [0.25, 0.3) is 0 Å². The third-order valence-corrected chi connectivity index (χ3v) is 2.94. The molecule has 0 saturated carbocycles. The Kier molecular flexibility index (Phi) is 5.51.